The summed E-state index contributed by atoms with van der Waals surface area (Å²) in [5, 5.41) is 2.97. The van der Waals surface area contributed by atoms with Gasteiger partial charge in [-0.25, -0.2) is 0 Å². The van der Waals surface area contributed by atoms with E-state index in [0.29, 0.717) is 0 Å². The maximum atomic E-state index is 5.04. The Morgan fingerprint density at radius 1 is 1.33 bits per heavy atom. The van der Waals surface area contributed by atoms with E-state index in [0.717, 1.165) is 17.8 Å². The molecule has 0 heterocycles. The van der Waals surface area contributed by atoms with Crippen molar-refractivity contribution in [3.63, 3.8) is 0 Å². The first kappa shape index (κ1) is 9.20. The molecule has 0 amide bonds. The van der Waals surface area contributed by atoms with Gasteiger partial charge in [-0.15, -0.1) is 0 Å². The van der Waals surface area contributed by atoms with E-state index in [1.54, 1.807) is 0 Å². The zero-order valence-corrected chi connectivity index (χ0v) is 8.03. The highest BCUT2D eigenvalue weighted by Gasteiger charge is 1.94. The Labute approximate surface area is 78.8 Å². The van der Waals surface area contributed by atoms with Gasteiger partial charge >= 0.3 is 0 Å². The topological polar surface area (TPSA) is 12.0 Å². The van der Waals surface area contributed by atoms with Gasteiger partial charge in [0.25, 0.3) is 0 Å². The minimum absolute atomic E-state index is 0.929. The Balaban J connectivity index is 2.38. The molecule has 0 atom stereocenters. The molecule has 0 saturated carbocycles. The molecular weight excluding hydrogens is 166 g/mol. The lowest BCUT2D eigenvalue weighted by Crippen LogP contribution is -2.15. The Bertz CT molecular complexity index is 243. The van der Waals surface area contributed by atoms with Gasteiger partial charge in [-0.3, -0.25) is 0 Å². The molecule has 0 bridgehead atoms. The first-order valence-corrected chi connectivity index (χ1v) is 4.48. The molecule has 0 radical (unpaired) electrons. The van der Waals surface area contributed by atoms with Crippen LogP contribution >= 0.6 is 12.2 Å². The van der Waals surface area contributed by atoms with Gasteiger partial charge in [-0.2, -0.15) is 0 Å². The summed E-state index contributed by atoms with van der Waals surface area (Å²) in [6.45, 7) is 0. The minimum Gasteiger partial charge on any atom is -0.383 e. The zero-order valence-electron chi connectivity index (χ0n) is 7.21. The fraction of sp³-hybridized carbons (Fsp3) is 0.300. The molecule has 0 aliphatic rings. The van der Waals surface area contributed by atoms with Crippen molar-refractivity contribution in [1.29, 1.82) is 0 Å². The Kier molecular flexibility index (Phi) is 3.74. The van der Waals surface area contributed by atoms with E-state index in [1.807, 2.05) is 13.1 Å². The summed E-state index contributed by atoms with van der Waals surface area (Å²) in [6.07, 6.45) is 1.97. The third-order valence-corrected chi connectivity index (χ3v) is 2.17. The standard InChI is InChI=1S/C10H13NS/c1-11-10(12)8-7-9-5-3-2-4-6-9/h2-6H,7-8H2,1H3,(H,11,12). The molecular formula is C10H13NS. The molecule has 1 aromatic rings. The molecule has 1 aromatic carbocycles. The van der Waals surface area contributed by atoms with Crippen molar-refractivity contribution in [2.45, 2.75) is 12.8 Å². The Hall–Kier alpha value is -0.890. The predicted octanol–water partition coefficient (Wildman–Crippen LogP) is 2.17. The molecule has 0 aliphatic heterocycles. The first-order valence-electron chi connectivity index (χ1n) is 4.07. The van der Waals surface area contributed by atoms with E-state index in [2.05, 4.69) is 29.6 Å². The van der Waals surface area contributed by atoms with E-state index < -0.39 is 0 Å². The molecule has 1 rings (SSSR count). The van der Waals surface area contributed by atoms with Crippen molar-refractivity contribution in [3.05, 3.63) is 35.9 Å². The zero-order chi connectivity index (χ0) is 8.81. The van der Waals surface area contributed by atoms with Gasteiger partial charge in [0.15, 0.2) is 0 Å². The van der Waals surface area contributed by atoms with Crippen LogP contribution in [0.4, 0.5) is 0 Å². The maximum absolute atomic E-state index is 5.04. The number of hydrogen-bond acceptors (Lipinski definition) is 1. The van der Waals surface area contributed by atoms with Crippen LogP contribution in [0.25, 0.3) is 0 Å². The summed E-state index contributed by atoms with van der Waals surface area (Å²) in [4.78, 5) is 0.929. The van der Waals surface area contributed by atoms with Crippen LogP contribution in [-0.4, -0.2) is 12.0 Å². The molecule has 1 nitrogen and oxygen atoms in total. The van der Waals surface area contributed by atoms with Crippen LogP contribution in [0.3, 0.4) is 0 Å². The second-order valence-corrected chi connectivity index (χ2v) is 3.15. The smallest absolute Gasteiger partial charge is 0.0754 e. The van der Waals surface area contributed by atoms with Gasteiger partial charge in [0.2, 0.25) is 0 Å². The number of nitrogens with one attached hydrogen (secondary N) is 1. The van der Waals surface area contributed by atoms with Gasteiger partial charge in [-0.05, 0) is 12.0 Å². The molecule has 0 fully saturated rings. The summed E-state index contributed by atoms with van der Waals surface area (Å²) >= 11 is 5.04. The molecule has 0 saturated heterocycles. The van der Waals surface area contributed by atoms with Gasteiger partial charge in [0.05, 0.1) is 4.99 Å². The summed E-state index contributed by atoms with van der Waals surface area (Å²) in [5.41, 5.74) is 1.34. The van der Waals surface area contributed by atoms with Crippen LogP contribution in [0.5, 0.6) is 0 Å². The highest BCUT2D eigenvalue weighted by Crippen LogP contribution is 2.02. The van der Waals surface area contributed by atoms with Gasteiger partial charge < -0.3 is 5.32 Å². The Morgan fingerprint density at radius 3 is 2.58 bits per heavy atom. The van der Waals surface area contributed by atoms with Crippen LogP contribution in [0.15, 0.2) is 30.3 Å². The van der Waals surface area contributed by atoms with Crippen molar-refractivity contribution in [2.75, 3.05) is 7.05 Å². The van der Waals surface area contributed by atoms with Gasteiger partial charge in [0.1, 0.15) is 0 Å². The van der Waals surface area contributed by atoms with E-state index in [1.165, 1.54) is 5.56 Å². The monoisotopic (exact) mass is 179 g/mol. The molecule has 0 aromatic heterocycles. The molecule has 2 heteroatoms. The summed E-state index contributed by atoms with van der Waals surface area (Å²) in [7, 11) is 1.87. The second kappa shape index (κ2) is 4.88. The number of aryl methyl sites for hydroxylation is 1. The third kappa shape index (κ3) is 3.01. The van der Waals surface area contributed by atoms with Crippen molar-refractivity contribution < 1.29 is 0 Å². The lowest BCUT2D eigenvalue weighted by atomic mass is 10.1. The highest BCUT2D eigenvalue weighted by molar-refractivity contribution is 7.80. The van der Waals surface area contributed by atoms with Crippen molar-refractivity contribution in [2.24, 2.45) is 0 Å². The molecule has 64 valence electrons. The van der Waals surface area contributed by atoms with Gasteiger partial charge in [0, 0.05) is 13.5 Å². The lowest BCUT2D eigenvalue weighted by Gasteiger charge is -2.01. The molecule has 12 heavy (non-hydrogen) atoms. The van der Waals surface area contributed by atoms with Gasteiger partial charge in [-0.1, -0.05) is 42.5 Å². The lowest BCUT2D eigenvalue weighted by molar-refractivity contribution is 1.00. The predicted molar refractivity (Wildman–Crippen MR) is 56.4 cm³/mol. The molecule has 0 spiro atoms. The van der Waals surface area contributed by atoms with E-state index in [9.17, 15) is 0 Å². The quantitative estimate of drug-likeness (QED) is 0.714. The molecule has 0 unspecified atom stereocenters. The van der Waals surface area contributed by atoms with Crippen LogP contribution in [-0.2, 0) is 6.42 Å². The van der Waals surface area contributed by atoms with Crippen molar-refractivity contribution in [3.8, 4) is 0 Å². The fourth-order valence-corrected chi connectivity index (χ4v) is 1.13. The van der Waals surface area contributed by atoms with E-state index in [4.69, 9.17) is 12.2 Å². The summed E-state index contributed by atoms with van der Waals surface area (Å²) in [5.74, 6) is 0. The SMILES string of the molecule is CNC(=S)CCc1ccccc1. The number of benzene rings is 1. The average Bonchev–Trinajstić information content (AvgIpc) is 2.16. The normalized spacial score (nSPS) is 9.42. The fourth-order valence-electron chi connectivity index (χ4n) is 1.03. The van der Waals surface area contributed by atoms with Crippen molar-refractivity contribution in [1.82, 2.24) is 5.32 Å². The number of rotatable bonds is 3. The van der Waals surface area contributed by atoms with Crippen molar-refractivity contribution >= 4 is 17.2 Å². The van der Waals surface area contributed by atoms with Crippen LogP contribution in [0.1, 0.15) is 12.0 Å². The third-order valence-electron chi connectivity index (χ3n) is 1.76. The van der Waals surface area contributed by atoms with Crippen LogP contribution < -0.4 is 5.32 Å². The molecule has 0 aliphatic carbocycles. The minimum atomic E-state index is 0.929. The number of hydrogen-bond donors (Lipinski definition) is 1. The Morgan fingerprint density at radius 2 is 2.00 bits per heavy atom. The van der Waals surface area contributed by atoms with Crippen LogP contribution in [0, 0.1) is 0 Å². The molecule has 1 N–H and O–H groups in total. The second-order valence-electron chi connectivity index (χ2n) is 2.66. The van der Waals surface area contributed by atoms with E-state index >= 15 is 0 Å². The van der Waals surface area contributed by atoms with Crippen LogP contribution in [0.2, 0.25) is 0 Å². The summed E-state index contributed by atoms with van der Waals surface area (Å²) < 4.78 is 0. The summed E-state index contributed by atoms with van der Waals surface area (Å²) in [6, 6.07) is 10.4. The number of thiocarbonyl (C=S) groups is 1. The average molecular weight is 179 g/mol. The maximum Gasteiger partial charge on any atom is 0.0754 e. The van der Waals surface area contributed by atoms with E-state index in [-0.39, 0.29) is 0 Å². The largest absolute Gasteiger partial charge is 0.383 e. The first-order chi connectivity index (χ1) is 5.83. The highest BCUT2D eigenvalue weighted by atomic mass is 32.1.